The molecule has 110 valence electrons. The molecule has 0 unspecified atom stereocenters. The number of carboxylic acid groups (broad SMARTS) is 1. The molecular weight excluding hydrogens is 278 g/mol. The van der Waals surface area contributed by atoms with Gasteiger partial charge in [-0.3, -0.25) is 5.41 Å². The third-order valence-electron chi connectivity index (χ3n) is 3.61. The number of benzene rings is 2. The average Bonchev–Trinajstić information content (AvgIpc) is 2.90. The molecule has 0 aliphatic rings. The number of nitrogens with zero attached hydrogens (tertiary/aromatic N) is 1. The zero-order valence-electron chi connectivity index (χ0n) is 11.8. The molecule has 0 fully saturated rings. The fourth-order valence-electron chi connectivity index (χ4n) is 2.50. The lowest BCUT2D eigenvalue weighted by molar-refractivity contribution is 0.0696. The van der Waals surface area contributed by atoms with Crippen LogP contribution in [0.25, 0.3) is 10.9 Å². The lowest BCUT2D eigenvalue weighted by Gasteiger charge is -2.07. The average molecular weight is 293 g/mol. The number of aromatic nitrogens is 1. The maximum absolute atomic E-state index is 11.0. The third-order valence-corrected chi connectivity index (χ3v) is 3.61. The first kappa shape index (κ1) is 13.9. The quantitative estimate of drug-likeness (QED) is 0.510. The summed E-state index contributed by atoms with van der Waals surface area (Å²) in [4.78, 5) is 11.0. The van der Waals surface area contributed by atoms with Crippen LogP contribution in [-0.4, -0.2) is 21.5 Å². The Hall–Kier alpha value is -3.08. The zero-order valence-corrected chi connectivity index (χ0v) is 11.8. The van der Waals surface area contributed by atoms with E-state index in [4.69, 9.17) is 16.2 Å². The smallest absolute Gasteiger partial charge is 0.335 e. The summed E-state index contributed by atoms with van der Waals surface area (Å²) in [6.07, 6.45) is 1.95. The van der Waals surface area contributed by atoms with E-state index in [1.54, 1.807) is 18.2 Å². The highest BCUT2D eigenvalue weighted by Crippen LogP contribution is 2.19. The molecule has 0 aliphatic heterocycles. The molecule has 5 heteroatoms. The second-order valence-corrected chi connectivity index (χ2v) is 5.14. The van der Waals surface area contributed by atoms with Gasteiger partial charge in [0.15, 0.2) is 0 Å². The Kier molecular flexibility index (Phi) is 3.39. The maximum Gasteiger partial charge on any atom is 0.335 e. The van der Waals surface area contributed by atoms with E-state index in [2.05, 4.69) is 0 Å². The summed E-state index contributed by atoms with van der Waals surface area (Å²) in [5.41, 5.74) is 8.42. The Morgan fingerprint density at radius 1 is 1.14 bits per heavy atom. The van der Waals surface area contributed by atoms with Crippen molar-refractivity contribution in [2.75, 3.05) is 0 Å². The summed E-state index contributed by atoms with van der Waals surface area (Å²) < 4.78 is 2.04. The molecule has 22 heavy (non-hydrogen) atoms. The number of fused-ring (bicyclic) bond motifs is 1. The van der Waals surface area contributed by atoms with Gasteiger partial charge in [-0.05, 0) is 42.0 Å². The second-order valence-electron chi connectivity index (χ2n) is 5.14. The number of nitrogens with one attached hydrogen (secondary N) is 1. The number of hydrogen-bond acceptors (Lipinski definition) is 2. The standard InChI is InChI=1S/C17H15N3O2/c18-16(19)13-4-5-15-12(9-13)6-7-20(15)10-11-2-1-3-14(8-11)17(21)22/h1-9H,10H2,(H3,18,19)(H,21,22). The van der Waals surface area contributed by atoms with Gasteiger partial charge in [-0.25, -0.2) is 4.79 Å². The molecule has 1 heterocycles. The van der Waals surface area contributed by atoms with E-state index in [-0.39, 0.29) is 11.4 Å². The number of carboxylic acids is 1. The van der Waals surface area contributed by atoms with E-state index in [0.717, 1.165) is 16.5 Å². The van der Waals surface area contributed by atoms with Crippen LogP contribution in [0.4, 0.5) is 0 Å². The molecular formula is C17H15N3O2. The molecule has 0 aliphatic carbocycles. The summed E-state index contributed by atoms with van der Waals surface area (Å²) >= 11 is 0. The van der Waals surface area contributed by atoms with Gasteiger partial charge in [0.1, 0.15) is 5.84 Å². The SMILES string of the molecule is N=C(N)c1ccc2c(ccn2Cc2cccc(C(=O)O)c2)c1. The van der Waals surface area contributed by atoms with Gasteiger partial charge in [0, 0.05) is 29.2 Å². The molecule has 4 N–H and O–H groups in total. The number of hydrogen-bond donors (Lipinski definition) is 3. The highest BCUT2D eigenvalue weighted by Gasteiger charge is 2.07. The van der Waals surface area contributed by atoms with E-state index in [1.807, 2.05) is 41.1 Å². The van der Waals surface area contributed by atoms with Crippen LogP contribution >= 0.6 is 0 Å². The summed E-state index contributed by atoms with van der Waals surface area (Å²) in [5.74, 6) is -0.880. The highest BCUT2D eigenvalue weighted by molar-refractivity contribution is 5.98. The van der Waals surface area contributed by atoms with Crippen molar-refractivity contribution in [3.63, 3.8) is 0 Å². The third kappa shape index (κ3) is 2.56. The zero-order chi connectivity index (χ0) is 15.7. The molecule has 0 bridgehead atoms. The van der Waals surface area contributed by atoms with Crippen LogP contribution in [0.2, 0.25) is 0 Å². The molecule has 0 saturated heterocycles. The summed E-state index contributed by atoms with van der Waals surface area (Å²) in [6, 6.07) is 14.5. The first-order valence-electron chi connectivity index (χ1n) is 6.80. The lowest BCUT2D eigenvalue weighted by Crippen LogP contribution is -2.10. The molecule has 3 rings (SSSR count). The molecule has 1 aromatic heterocycles. The van der Waals surface area contributed by atoms with Crippen molar-refractivity contribution in [3.05, 3.63) is 71.4 Å². The van der Waals surface area contributed by atoms with E-state index in [9.17, 15) is 4.79 Å². The number of rotatable bonds is 4. The number of amidine groups is 1. The maximum atomic E-state index is 11.0. The molecule has 0 amide bonds. The minimum Gasteiger partial charge on any atom is -0.478 e. The minimum atomic E-state index is -0.926. The fraction of sp³-hybridized carbons (Fsp3) is 0.0588. The van der Waals surface area contributed by atoms with Crippen molar-refractivity contribution in [3.8, 4) is 0 Å². The minimum absolute atomic E-state index is 0.0452. The monoisotopic (exact) mass is 293 g/mol. The topological polar surface area (TPSA) is 92.1 Å². The van der Waals surface area contributed by atoms with E-state index < -0.39 is 5.97 Å². The molecule has 2 aromatic carbocycles. The van der Waals surface area contributed by atoms with Crippen molar-refractivity contribution in [1.82, 2.24) is 4.57 Å². The first-order chi connectivity index (χ1) is 10.5. The largest absolute Gasteiger partial charge is 0.478 e. The number of nitrogens with two attached hydrogens (primary N) is 1. The lowest BCUT2D eigenvalue weighted by atomic mass is 10.1. The van der Waals surface area contributed by atoms with Crippen LogP contribution in [0.15, 0.2) is 54.7 Å². The van der Waals surface area contributed by atoms with Crippen molar-refractivity contribution in [2.45, 2.75) is 6.54 Å². The molecule has 0 saturated carbocycles. The Balaban J connectivity index is 1.96. The molecule has 0 radical (unpaired) electrons. The van der Waals surface area contributed by atoms with Crippen molar-refractivity contribution in [1.29, 1.82) is 5.41 Å². The molecule has 3 aromatic rings. The van der Waals surface area contributed by atoms with Gasteiger partial charge in [0.05, 0.1) is 5.56 Å². The van der Waals surface area contributed by atoms with Crippen LogP contribution in [0.3, 0.4) is 0 Å². The van der Waals surface area contributed by atoms with Gasteiger partial charge in [0.2, 0.25) is 0 Å². The van der Waals surface area contributed by atoms with E-state index in [1.165, 1.54) is 0 Å². The van der Waals surface area contributed by atoms with Crippen molar-refractivity contribution in [2.24, 2.45) is 5.73 Å². The van der Waals surface area contributed by atoms with Gasteiger partial charge in [0.25, 0.3) is 0 Å². The number of nitrogen functional groups attached to an aromatic ring is 1. The second kappa shape index (κ2) is 5.37. The van der Waals surface area contributed by atoms with Crippen LogP contribution < -0.4 is 5.73 Å². The van der Waals surface area contributed by atoms with Crippen LogP contribution in [0.1, 0.15) is 21.5 Å². The molecule has 5 nitrogen and oxygen atoms in total. The Morgan fingerprint density at radius 3 is 2.68 bits per heavy atom. The predicted molar refractivity (Wildman–Crippen MR) is 85.5 cm³/mol. The van der Waals surface area contributed by atoms with Crippen molar-refractivity contribution >= 4 is 22.7 Å². The summed E-state index contributed by atoms with van der Waals surface area (Å²) in [6.45, 7) is 0.587. The number of aromatic carboxylic acids is 1. The molecule has 0 spiro atoms. The number of carbonyl (C=O) groups is 1. The van der Waals surface area contributed by atoms with Gasteiger partial charge in [-0.2, -0.15) is 0 Å². The van der Waals surface area contributed by atoms with Gasteiger partial charge in [-0.15, -0.1) is 0 Å². The van der Waals surface area contributed by atoms with Gasteiger partial charge < -0.3 is 15.4 Å². The Morgan fingerprint density at radius 2 is 1.95 bits per heavy atom. The molecule has 0 atom stereocenters. The Bertz CT molecular complexity index is 880. The highest BCUT2D eigenvalue weighted by atomic mass is 16.4. The predicted octanol–water partition coefficient (Wildman–Crippen LogP) is 2.67. The van der Waals surface area contributed by atoms with E-state index in [0.29, 0.717) is 12.1 Å². The van der Waals surface area contributed by atoms with E-state index >= 15 is 0 Å². The van der Waals surface area contributed by atoms with Crippen LogP contribution in [0.5, 0.6) is 0 Å². The first-order valence-corrected chi connectivity index (χ1v) is 6.80. The van der Waals surface area contributed by atoms with Crippen LogP contribution in [-0.2, 0) is 6.54 Å². The van der Waals surface area contributed by atoms with Gasteiger partial charge >= 0.3 is 5.97 Å². The van der Waals surface area contributed by atoms with Crippen LogP contribution in [0, 0.1) is 5.41 Å². The summed E-state index contributed by atoms with van der Waals surface area (Å²) in [5, 5.41) is 17.5. The van der Waals surface area contributed by atoms with Crippen molar-refractivity contribution < 1.29 is 9.90 Å². The van der Waals surface area contributed by atoms with Gasteiger partial charge in [-0.1, -0.05) is 12.1 Å². The normalized spacial score (nSPS) is 10.7. The fourth-order valence-corrected chi connectivity index (χ4v) is 2.50. The summed E-state index contributed by atoms with van der Waals surface area (Å²) in [7, 11) is 0. The Labute approximate surface area is 127 Å².